The number of hydrogen-bond acceptors (Lipinski definition) is 3. The van der Waals surface area contributed by atoms with Gasteiger partial charge in [-0.1, -0.05) is 13.8 Å². The first kappa shape index (κ1) is 14.2. The van der Waals surface area contributed by atoms with Gasteiger partial charge in [0.2, 0.25) is 0 Å². The molecule has 0 aliphatic rings. The van der Waals surface area contributed by atoms with Crippen LogP contribution in [0.25, 0.3) is 0 Å². The van der Waals surface area contributed by atoms with E-state index < -0.39 is 5.97 Å². The molecule has 1 aromatic rings. The van der Waals surface area contributed by atoms with E-state index in [0.29, 0.717) is 4.88 Å². The van der Waals surface area contributed by atoms with Crippen LogP contribution in [-0.4, -0.2) is 17.6 Å². The summed E-state index contributed by atoms with van der Waals surface area (Å²) in [5.41, 5.74) is 1.11. The Balaban J connectivity index is 2.34. The number of aromatic carboxylic acids is 1. The average molecular weight is 255 g/mol. The number of carboxylic acid groups (broad SMARTS) is 1. The minimum atomic E-state index is -0.829. The molecule has 0 saturated heterocycles. The van der Waals surface area contributed by atoms with Crippen molar-refractivity contribution in [2.45, 2.75) is 40.2 Å². The molecule has 0 aliphatic heterocycles. The highest BCUT2D eigenvalue weighted by atomic mass is 32.1. The summed E-state index contributed by atoms with van der Waals surface area (Å²) in [6.07, 6.45) is 2.41. The fraction of sp³-hybridized carbons (Fsp3) is 0.615. The summed E-state index contributed by atoms with van der Waals surface area (Å²) in [5, 5.41) is 12.2. The van der Waals surface area contributed by atoms with Crippen LogP contribution in [0.3, 0.4) is 0 Å². The Hall–Kier alpha value is -0.870. The summed E-state index contributed by atoms with van der Waals surface area (Å²) in [4.78, 5) is 12.3. The minimum Gasteiger partial charge on any atom is -0.477 e. The summed E-state index contributed by atoms with van der Waals surface area (Å²) in [6, 6.07) is 1.78. The normalized spacial score (nSPS) is 11.1. The molecule has 0 amide bonds. The number of hydrogen-bond donors (Lipinski definition) is 2. The SMILES string of the molecule is Cc1sc(C(=O)O)cc1CNCCCC(C)C. The number of carboxylic acids is 1. The van der Waals surface area contributed by atoms with Crippen LogP contribution in [0.1, 0.15) is 46.8 Å². The molecule has 0 saturated carbocycles. The predicted molar refractivity (Wildman–Crippen MR) is 71.8 cm³/mol. The van der Waals surface area contributed by atoms with Crippen molar-refractivity contribution in [1.29, 1.82) is 0 Å². The van der Waals surface area contributed by atoms with E-state index in [2.05, 4.69) is 19.2 Å². The highest BCUT2D eigenvalue weighted by Crippen LogP contribution is 2.21. The van der Waals surface area contributed by atoms with Crippen LogP contribution in [0.2, 0.25) is 0 Å². The number of thiophene rings is 1. The van der Waals surface area contributed by atoms with Crippen molar-refractivity contribution in [1.82, 2.24) is 5.32 Å². The molecule has 0 bridgehead atoms. The van der Waals surface area contributed by atoms with Crippen molar-refractivity contribution in [3.05, 3.63) is 21.4 Å². The van der Waals surface area contributed by atoms with Gasteiger partial charge >= 0.3 is 5.97 Å². The molecule has 0 spiro atoms. The quantitative estimate of drug-likeness (QED) is 0.735. The number of rotatable bonds is 7. The zero-order valence-corrected chi connectivity index (χ0v) is 11.6. The largest absolute Gasteiger partial charge is 0.477 e. The summed E-state index contributed by atoms with van der Waals surface area (Å²) in [7, 11) is 0. The zero-order chi connectivity index (χ0) is 12.8. The topological polar surface area (TPSA) is 49.3 Å². The molecule has 2 N–H and O–H groups in total. The maximum absolute atomic E-state index is 10.8. The van der Waals surface area contributed by atoms with Crippen LogP contribution in [0.4, 0.5) is 0 Å². The van der Waals surface area contributed by atoms with Crippen molar-refractivity contribution in [3.63, 3.8) is 0 Å². The monoisotopic (exact) mass is 255 g/mol. The number of nitrogens with one attached hydrogen (secondary N) is 1. The molecular formula is C13H21NO2S. The van der Waals surface area contributed by atoms with Gasteiger partial charge in [-0.15, -0.1) is 11.3 Å². The van der Waals surface area contributed by atoms with Crippen LogP contribution in [-0.2, 0) is 6.54 Å². The molecule has 0 unspecified atom stereocenters. The fourth-order valence-corrected chi connectivity index (χ4v) is 2.54. The molecule has 0 radical (unpaired) electrons. The second kappa shape index (κ2) is 6.77. The third-order valence-corrected chi connectivity index (χ3v) is 3.76. The van der Waals surface area contributed by atoms with E-state index in [4.69, 9.17) is 5.11 Å². The van der Waals surface area contributed by atoms with Crippen molar-refractivity contribution in [3.8, 4) is 0 Å². The van der Waals surface area contributed by atoms with E-state index in [0.717, 1.165) is 29.4 Å². The number of aryl methyl sites for hydroxylation is 1. The third-order valence-electron chi connectivity index (χ3n) is 2.68. The Labute approximate surface area is 107 Å². The lowest BCUT2D eigenvalue weighted by Crippen LogP contribution is -2.15. The van der Waals surface area contributed by atoms with E-state index in [-0.39, 0.29) is 0 Å². The lowest BCUT2D eigenvalue weighted by molar-refractivity contribution is 0.0702. The second-order valence-electron chi connectivity index (χ2n) is 4.71. The van der Waals surface area contributed by atoms with Crippen molar-refractivity contribution in [2.24, 2.45) is 5.92 Å². The van der Waals surface area contributed by atoms with Crippen LogP contribution in [0.5, 0.6) is 0 Å². The average Bonchev–Trinajstić information content (AvgIpc) is 2.59. The molecule has 0 aromatic carbocycles. The van der Waals surface area contributed by atoms with Gasteiger partial charge in [0.1, 0.15) is 4.88 Å². The molecule has 1 aromatic heterocycles. The van der Waals surface area contributed by atoms with Gasteiger partial charge < -0.3 is 10.4 Å². The lowest BCUT2D eigenvalue weighted by atomic mass is 10.1. The number of carbonyl (C=O) groups is 1. The molecule has 17 heavy (non-hydrogen) atoms. The van der Waals surface area contributed by atoms with E-state index in [1.165, 1.54) is 24.2 Å². The Morgan fingerprint density at radius 2 is 2.24 bits per heavy atom. The Morgan fingerprint density at radius 3 is 2.76 bits per heavy atom. The van der Waals surface area contributed by atoms with Gasteiger partial charge in [-0.3, -0.25) is 0 Å². The van der Waals surface area contributed by atoms with Gasteiger partial charge in [0.05, 0.1) is 0 Å². The van der Waals surface area contributed by atoms with Gasteiger partial charge in [0.15, 0.2) is 0 Å². The van der Waals surface area contributed by atoms with Crippen molar-refractivity contribution in [2.75, 3.05) is 6.54 Å². The van der Waals surface area contributed by atoms with Gasteiger partial charge in [-0.2, -0.15) is 0 Å². The summed E-state index contributed by atoms with van der Waals surface area (Å²) in [5.74, 6) is -0.0811. The smallest absolute Gasteiger partial charge is 0.345 e. The maximum atomic E-state index is 10.8. The van der Waals surface area contributed by atoms with Crippen molar-refractivity contribution >= 4 is 17.3 Å². The second-order valence-corrected chi connectivity index (χ2v) is 5.97. The van der Waals surface area contributed by atoms with Gasteiger partial charge in [0.25, 0.3) is 0 Å². The molecule has 0 fully saturated rings. The maximum Gasteiger partial charge on any atom is 0.345 e. The van der Waals surface area contributed by atoms with Crippen LogP contribution < -0.4 is 5.32 Å². The molecule has 4 heteroatoms. The van der Waals surface area contributed by atoms with Crippen LogP contribution in [0, 0.1) is 12.8 Å². The zero-order valence-electron chi connectivity index (χ0n) is 10.7. The predicted octanol–water partition coefficient (Wildman–Crippen LogP) is 3.28. The first-order valence-corrected chi connectivity index (χ1v) is 6.85. The van der Waals surface area contributed by atoms with Gasteiger partial charge in [-0.05, 0) is 43.9 Å². The van der Waals surface area contributed by atoms with E-state index in [9.17, 15) is 4.79 Å². The molecule has 0 aliphatic carbocycles. The Kier molecular flexibility index (Phi) is 5.65. The summed E-state index contributed by atoms with van der Waals surface area (Å²) < 4.78 is 0. The van der Waals surface area contributed by atoms with Crippen molar-refractivity contribution < 1.29 is 9.90 Å². The highest BCUT2D eigenvalue weighted by molar-refractivity contribution is 7.14. The molecule has 0 atom stereocenters. The molecule has 3 nitrogen and oxygen atoms in total. The van der Waals surface area contributed by atoms with Crippen LogP contribution in [0.15, 0.2) is 6.07 Å². The minimum absolute atomic E-state index is 0.432. The molecule has 1 heterocycles. The first-order valence-electron chi connectivity index (χ1n) is 6.04. The molecular weight excluding hydrogens is 234 g/mol. The van der Waals surface area contributed by atoms with Gasteiger partial charge in [-0.25, -0.2) is 4.79 Å². The van der Waals surface area contributed by atoms with Crippen LogP contribution >= 0.6 is 11.3 Å². The Bertz CT molecular complexity index is 371. The molecule has 96 valence electrons. The standard InChI is InChI=1S/C13H21NO2S/c1-9(2)5-4-6-14-8-11-7-12(13(15)16)17-10(11)3/h7,9,14H,4-6,8H2,1-3H3,(H,15,16). The van der Waals surface area contributed by atoms with E-state index >= 15 is 0 Å². The van der Waals surface area contributed by atoms with E-state index in [1.54, 1.807) is 6.07 Å². The first-order chi connectivity index (χ1) is 8.00. The summed E-state index contributed by atoms with van der Waals surface area (Å²) >= 11 is 1.35. The van der Waals surface area contributed by atoms with Gasteiger partial charge in [0, 0.05) is 11.4 Å². The lowest BCUT2D eigenvalue weighted by Gasteiger charge is -2.06. The third kappa shape index (κ3) is 4.88. The Morgan fingerprint density at radius 1 is 1.53 bits per heavy atom. The molecule has 1 rings (SSSR count). The van der Waals surface area contributed by atoms with E-state index in [1.807, 2.05) is 6.92 Å². The highest BCUT2D eigenvalue weighted by Gasteiger charge is 2.10. The fourth-order valence-electron chi connectivity index (χ4n) is 1.66. The summed E-state index contributed by atoms with van der Waals surface area (Å²) in [6.45, 7) is 8.19.